The van der Waals surface area contributed by atoms with Gasteiger partial charge in [-0.15, -0.1) is 0 Å². The van der Waals surface area contributed by atoms with Crippen LogP contribution in [0.4, 0.5) is 0 Å². The second-order valence-corrected chi connectivity index (χ2v) is 0.412. The van der Waals surface area contributed by atoms with Crippen LogP contribution in [0, 0.1) is 0 Å². The molecule has 0 rings (SSSR count). The summed E-state index contributed by atoms with van der Waals surface area (Å²) >= 11 is 0. The van der Waals surface area contributed by atoms with Crippen molar-refractivity contribution in [2.75, 3.05) is 6.61 Å². The zero-order valence-corrected chi connectivity index (χ0v) is 7.67. The predicted molar refractivity (Wildman–Crippen MR) is 18.8 cm³/mol. The molecule has 0 saturated carbocycles. The number of aliphatic hydroxyl groups is 1. The van der Waals surface area contributed by atoms with E-state index in [1.807, 2.05) is 0 Å². The Labute approximate surface area is 85.1 Å². The summed E-state index contributed by atoms with van der Waals surface area (Å²) in [6.45, 7) is 1.43. The van der Waals surface area contributed by atoms with E-state index in [4.69, 9.17) is 15.0 Å². The fraction of sp³-hybridized carbons (Fsp3) is 0.667. The molecule has 3 nitrogen and oxygen atoms in total. The first-order valence-electron chi connectivity index (χ1n) is 1.49. The molecule has 0 spiro atoms. The Kier molecular flexibility index (Phi) is 62.0. The molecule has 0 fully saturated rings. The minimum Gasteiger partial charge on any atom is -0.554 e. The summed E-state index contributed by atoms with van der Waals surface area (Å²) in [5.74, 6) is 0. The third kappa shape index (κ3) is 160. The van der Waals surface area contributed by atoms with Gasteiger partial charge in [-0.2, -0.15) is 0 Å². The van der Waals surface area contributed by atoms with Crippen molar-refractivity contribution in [3.05, 3.63) is 0 Å². The van der Waals surface area contributed by atoms with Crippen LogP contribution in [0.2, 0.25) is 0 Å². The molecular weight excluding hydrogens is 123 g/mol. The number of carbonyl (C=O) groups excluding carboxylic acids is 1. The van der Waals surface area contributed by atoms with Crippen molar-refractivity contribution < 1.29 is 66.4 Å². The van der Waals surface area contributed by atoms with Gasteiger partial charge < -0.3 is 15.0 Å². The topological polar surface area (TPSA) is 60.4 Å². The molecule has 0 aromatic heterocycles. The molecule has 0 heterocycles. The Balaban J connectivity index is -0.0000000400. The van der Waals surface area contributed by atoms with Crippen LogP contribution in [0.5, 0.6) is 0 Å². The second kappa shape index (κ2) is 27.7. The van der Waals surface area contributed by atoms with Gasteiger partial charge in [-0.05, 0) is 6.92 Å². The fourth-order valence-corrected chi connectivity index (χ4v) is 0. The first-order chi connectivity index (χ1) is 2.83. The molecular formula is C3H7KO3. The van der Waals surface area contributed by atoms with E-state index in [0.717, 1.165) is 0 Å². The van der Waals surface area contributed by atoms with E-state index in [9.17, 15) is 0 Å². The average molecular weight is 130 g/mol. The summed E-state index contributed by atoms with van der Waals surface area (Å²) in [4.78, 5) is 8.25. The summed E-state index contributed by atoms with van der Waals surface area (Å²) in [5.41, 5.74) is 0. The standard InChI is InChI=1S/C2H6O.CH2O2.K/c1-2-3;2-1-3;/h3H,2H2,1H3;1H,(H,2,3);/q;;+1/p-1. The number of hydrogen-bond acceptors (Lipinski definition) is 3. The molecule has 0 aliphatic rings. The third-order valence-electron chi connectivity index (χ3n) is 0. The van der Waals surface area contributed by atoms with E-state index < -0.39 is 6.47 Å². The van der Waals surface area contributed by atoms with E-state index in [1.165, 1.54) is 0 Å². The molecule has 0 radical (unpaired) electrons. The normalized spacial score (nSPS) is 4.29. The van der Waals surface area contributed by atoms with Crippen LogP contribution < -0.4 is 56.5 Å². The van der Waals surface area contributed by atoms with Crippen LogP contribution in [0.15, 0.2) is 0 Å². The number of hydrogen-bond donors (Lipinski definition) is 1. The zero-order valence-electron chi connectivity index (χ0n) is 4.55. The van der Waals surface area contributed by atoms with E-state index in [2.05, 4.69) is 0 Å². The summed E-state index contributed by atoms with van der Waals surface area (Å²) in [6, 6.07) is 0. The summed E-state index contributed by atoms with van der Waals surface area (Å²) < 4.78 is 0. The molecule has 0 aliphatic carbocycles. The molecule has 7 heavy (non-hydrogen) atoms. The Morgan fingerprint density at radius 3 is 1.86 bits per heavy atom. The summed E-state index contributed by atoms with van der Waals surface area (Å²) in [7, 11) is 0. The van der Waals surface area contributed by atoms with Gasteiger partial charge in [-0.1, -0.05) is 0 Å². The van der Waals surface area contributed by atoms with Crippen molar-refractivity contribution in [2.45, 2.75) is 6.92 Å². The SMILES string of the molecule is CCO.O=C[O-].[K+]. The van der Waals surface area contributed by atoms with Crippen molar-refractivity contribution in [1.82, 2.24) is 0 Å². The molecule has 38 valence electrons. The van der Waals surface area contributed by atoms with Gasteiger partial charge in [-0.25, -0.2) is 0 Å². The first-order valence-corrected chi connectivity index (χ1v) is 1.49. The molecule has 0 aromatic carbocycles. The van der Waals surface area contributed by atoms with Gasteiger partial charge >= 0.3 is 51.4 Å². The maximum atomic E-state index is 8.25. The maximum absolute atomic E-state index is 8.25. The summed E-state index contributed by atoms with van der Waals surface area (Å²) in [6.07, 6.45) is 0. The van der Waals surface area contributed by atoms with E-state index in [0.29, 0.717) is 0 Å². The Bertz CT molecular complexity index is 24.1. The molecule has 0 atom stereocenters. The smallest absolute Gasteiger partial charge is 0.554 e. The molecule has 0 saturated heterocycles. The van der Waals surface area contributed by atoms with Crippen LogP contribution in [0.25, 0.3) is 0 Å². The Hall–Kier alpha value is 1.07. The zero-order chi connectivity index (χ0) is 5.41. The summed E-state index contributed by atoms with van der Waals surface area (Å²) in [5, 5.41) is 15.8. The van der Waals surface area contributed by atoms with Crippen LogP contribution in [-0.2, 0) is 4.79 Å². The predicted octanol–water partition coefficient (Wildman–Crippen LogP) is -4.63. The minimum atomic E-state index is -0.500. The van der Waals surface area contributed by atoms with Crippen LogP contribution >= 0.6 is 0 Å². The number of carbonyl (C=O) groups is 1. The van der Waals surface area contributed by atoms with Gasteiger partial charge in [0.15, 0.2) is 0 Å². The van der Waals surface area contributed by atoms with Gasteiger partial charge in [-0.3, -0.25) is 0 Å². The van der Waals surface area contributed by atoms with Crippen molar-refractivity contribution in [1.29, 1.82) is 0 Å². The largest absolute Gasteiger partial charge is 1.00 e. The van der Waals surface area contributed by atoms with E-state index in [-0.39, 0.29) is 58.0 Å². The van der Waals surface area contributed by atoms with Gasteiger partial charge in [0.05, 0.1) is 0 Å². The number of rotatable bonds is 0. The molecule has 0 unspecified atom stereocenters. The minimum absolute atomic E-state index is 0. The number of aliphatic hydroxyl groups excluding tert-OH is 1. The van der Waals surface area contributed by atoms with E-state index >= 15 is 0 Å². The van der Waals surface area contributed by atoms with E-state index in [1.54, 1.807) is 6.92 Å². The Morgan fingerprint density at radius 1 is 1.86 bits per heavy atom. The first kappa shape index (κ1) is 15.7. The van der Waals surface area contributed by atoms with Crippen molar-refractivity contribution in [3.63, 3.8) is 0 Å². The Morgan fingerprint density at radius 2 is 1.86 bits per heavy atom. The average Bonchev–Trinajstić information content (AvgIpc) is 1.39. The molecule has 0 amide bonds. The van der Waals surface area contributed by atoms with Crippen molar-refractivity contribution in [3.8, 4) is 0 Å². The quantitative estimate of drug-likeness (QED) is 0.265. The van der Waals surface area contributed by atoms with Crippen LogP contribution in [0.1, 0.15) is 6.92 Å². The van der Waals surface area contributed by atoms with Crippen molar-refractivity contribution in [2.24, 2.45) is 0 Å². The monoisotopic (exact) mass is 130 g/mol. The van der Waals surface area contributed by atoms with Gasteiger partial charge in [0.2, 0.25) is 0 Å². The molecule has 4 heteroatoms. The van der Waals surface area contributed by atoms with Crippen molar-refractivity contribution >= 4 is 6.47 Å². The van der Waals surface area contributed by atoms with Gasteiger partial charge in [0, 0.05) is 13.1 Å². The number of carboxylic acid groups (broad SMARTS) is 1. The molecule has 0 aliphatic heterocycles. The maximum Gasteiger partial charge on any atom is 1.00 e. The van der Waals surface area contributed by atoms with Crippen LogP contribution in [-0.4, -0.2) is 18.2 Å². The fourth-order valence-electron chi connectivity index (χ4n) is 0. The van der Waals surface area contributed by atoms with Gasteiger partial charge in [0.25, 0.3) is 0 Å². The van der Waals surface area contributed by atoms with Crippen LogP contribution in [0.3, 0.4) is 0 Å². The molecule has 1 N–H and O–H groups in total. The third-order valence-corrected chi connectivity index (χ3v) is 0. The molecule has 0 aromatic rings. The second-order valence-electron chi connectivity index (χ2n) is 0.412. The molecule has 0 bridgehead atoms. The van der Waals surface area contributed by atoms with Gasteiger partial charge in [0.1, 0.15) is 0 Å².